The Labute approximate surface area is 75.4 Å². The zero-order valence-corrected chi connectivity index (χ0v) is 8.26. The van der Waals surface area contributed by atoms with Crippen LogP contribution in [0.25, 0.3) is 0 Å². The van der Waals surface area contributed by atoms with E-state index in [9.17, 15) is 4.79 Å². The molecule has 1 rings (SSSR count). The lowest BCUT2D eigenvalue weighted by Gasteiger charge is -2.33. The van der Waals surface area contributed by atoms with Crippen LogP contribution in [0.3, 0.4) is 0 Å². The number of hydrogen-bond acceptors (Lipinski definition) is 2. The van der Waals surface area contributed by atoms with Crippen LogP contribution in [-0.4, -0.2) is 17.4 Å². The van der Waals surface area contributed by atoms with Crippen LogP contribution >= 0.6 is 15.9 Å². The van der Waals surface area contributed by atoms with Crippen molar-refractivity contribution >= 4 is 21.9 Å². The van der Waals surface area contributed by atoms with Crippen molar-refractivity contribution in [2.24, 2.45) is 5.92 Å². The summed E-state index contributed by atoms with van der Waals surface area (Å²) in [5, 5.41) is 0.785. The number of carbonyl (C=O) groups excluding carboxylic acids is 1. The number of rotatable bonds is 4. The number of hydrogen-bond donors (Lipinski definition) is 0. The maximum atomic E-state index is 10.9. The maximum absolute atomic E-state index is 10.9. The number of esters is 1. The second-order valence-corrected chi connectivity index (χ2v) is 3.53. The van der Waals surface area contributed by atoms with Crippen LogP contribution in [0, 0.1) is 5.92 Å². The Bertz CT molecular complexity index is 147. The van der Waals surface area contributed by atoms with Gasteiger partial charge in [0.05, 0.1) is 5.92 Å². The molecule has 2 atom stereocenters. The van der Waals surface area contributed by atoms with Crippen LogP contribution in [0.5, 0.6) is 0 Å². The quantitative estimate of drug-likeness (QED) is 0.536. The smallest absolute Gasteiger partial charge is 0.313 e. The third-order valence-corrected chi connectivity index (χ3v) is 2.68. The molecule has 0 bridgehead atoms. The van der Waals surface area contributed by atoms with Crippen molar-refractivity contribution in [3.05, 3.63) is 0 Å². The van der Waals surface area contributed by atoms with Crippen molar-refractivity contribution in [3.8, 4) is 0 Å². The Morgan fingerprint density at radius 2 is 2.36 bits per heavy atom. The van der Waals surface area contributed by atoms with Gasteiger partial charge in [-0.25, -0.2) is 0 Å². The molecular formula is C8H13BrO2. The van der Waals surface area contributed by atoms with Gasteiger partial charge in [-0.05, 0) is 6.42 Å². The van der Waals surface area contributed by atoms with Gasteiger partial charge >= 0.3 is 5.97 Å². The summed E-state index contributed by atoms with van der Waals surface area (Å²) in [6.45, 7) is 2.13. The molecule has 2 nitrogen and oxygen atoms in total. The minimum Gasteiger partial charge on any atom is -0.460 e. The molecule has 0 unspecified atom stereocenters. The normalized spacial score (nSPS) is 29.5. The molecule has 1 saturated heterocycles. The third-order valence-electron chi connectivity index (χ3n) is 2.04. The monoisotopic (exact) mass is 220 g/mol. The van der Waals surface area contributed by atoms with E-state index in [2.05, 4.69) is 22.9 Å². The standard InChI is InChI=1S/C8H13BrO2/c1-2-3-4-6-7(5-9)11-8(6)10/h6-7H,2-5H2,1H3/t6-,7-/m1/s1. The van der Waals surface area contributed by atoms with Gasteiger partial charge in [-0.15, -0.1) is 0 Å². The fraction of sp³-hybridized carbons (Fsp3) is 0.875. The predicted octanol–water partition coefficient (Wildman–Crippen LogP) is 2.11. The van der Waals surface area contributed by atoms with Gasteiger partial charge in [0.2, 0.25) is 0 Å². The van der Waals surface area contributed by atoms with Crippen molar-refractivity contribution in [1.82, 2.24) is 0 Å². The fourth-order valence-electron chi connectivity index (χ4n) is 1.26. The van der Waals surface area contributed by atoms with E-state index in [1.54, 1.807) is 0 Å². The van der Waals surface area contributed by atoms with E-state index in [1.807, 2.05) is 0 Å². The molecule has 1 heterocycles. The Morgan fingerprint density at radius 3 is 2.82 bits per heavy atom. The molecule has 0 aliphatic carbocycles. The molecule has 1 aliphatic rings. The second-order valence-electron chi connectivity index (χ2n) is 2.88. The second kappa shape index (κ2) is 4.10. The number of carbonyl (C=O) groups is 1. The number of cyclic esters (lactones) is 1. The van der Waals surface area contributed by atoms with E-state index in [-0.39, 0.29) is 18.0 Å². The third kappa shape index (κ3) is 1.95. The molecule has 0 aromatic carbocycles. The fourth-order valence-corrected chi connectivity index (χ4v) is 1.85. The highest BCUT2D eigenvalue weighted by Crippen LogP contribution is 2.28. The summed E-state index contributed by atoms with van der Waals surface area (Å²) >= 11 is 3.31. The van der Waals surface area contributed by atoms with Crippen molar-refractivity contribution in [3.63, 3.8) is 0 Å². The first kappa shape index (κ1) is 9.04. The molecule has 0 radical (unpaired) electrons. The van der Waals surface area contributed by atoms with Gasteiger partial charge in [0.25, 0.3) is 0 Å². The minimum atomic E-state index is -0.0112. The average Bonchev–Trinajstić information content (AvgIpc) is 2.00. The Hall–Kier alpha value is -0.0500. The number of unbranched alkanes of at least 4 members (excludes halogenated alkanes) is 1. The van der Waals surface area contributed by atoms with Gasteiger partial charge < -0.3 is 4.74 Å². The summed E-state index contributed by atoms with van der Waals surface area (Å²) < 4.78 is 4.91. The van der Waals surface area contributed by atoms with Crippen molar-refractivity contribution in [1.29, 1.82) is 0 Å². The highest BCUT2D eigenvalue weighted by Gasteiger charge is 2.40. The molecule has 11 heavy (non-hydrogen) atoms. The summed E-state index contributed by atoms with van der Waals surface area (Å²) in [5.74, 6) is 0.164. The lowest BCUT2D eigenvalue weighted by atomic mass is 9.92. The molecule has 0 saturated carbocycles. The molecular weight excluding hydrogens is 208 g/mol. The first-order valence-corrected chi connectivity index (χ1v) is 5.18. The van der Waals surface area contributed by atoms with Gasteiger partial charge in [0, 0.05) is 5.33 Å². The van der Waals surface area contributed by atoms with E-state index < -0.39 is 0 Å². The molecule has 1 fully saturated rings. The van der Waals surface area contributed by atoms with Gasteiger partial charge in [-0.2, -0.15) is 0 Å². The lowest BCUT2D eigenvalue weighted by molar-refractivity contribution is -0.181. The molecule has 0 aromatic heterocycles. The molecule has 0 amide bonds. The van der Waals surface area contributed by atoms with E-state index in [0.29, 0.717) is 0 Å². The summed E-state index contributed by atoms with van der Waals surface area (Å²) in [4.78, 5) is 10.9. The van der Waals surface area contributed by atoms with Crippen molar-refractivity contribution < 1.29 is 9.53 Å². The van der Waals surface area contributed by atoms with E-state index in [4.69, 9.17) is 4.74 Å². The summed E-state index contributed by atoms with van der Waals surface area (Å²) in [7, 11) is 0. The molecule has 64 valence electrons. The summed E-state index contributed by atoms with van der Waals surface area (Å²) in [6.07, 6.45) is 3.42. The van der Waals surface area contributed by atoms with Gasteiger partial charge in [-0.1, -0.05) is 35.7 Å². The predicted molar refractivity (Wildman–Crippen MR) is 46.7 cm³/mol. The van der Waals surface area contributed by atoms with E-state index >= 15 is 0 Å². The zero-order valence-electron chi connectivity index (χ0n) is 6.68. The van der Waals surface area contributed by atoms with Crippen LogP contribution < -0.4 is 0 Å². The SMILES string of the molecule is CCCC[C@H]1C(=O)O[C@@H]1CBr. The molecule has 0 spiro atoms. The zero-order chi connectivity index (χ0) is 8.27. The minimum absolute atomic E-state index is 0.0112. The molecule has 0 N–H and O–H groups in total. The van der Waals surface area contributed by atoms with E-state index in [1.165, 1.54) is 0 Å². The number of halogens is 1. The van der Waals surface area contributed by atoms with Crippen LogP contribution in [0.2, 0.25) is 0 Å². The van der Waals surface area contributed by atoms with Crippen LogP contribution in [-0.2, 0) is 9.53 Å². The Balaban J connectivity index is 2.24. The summed E-state index contributed by atoms with van der Waals surface area (Å²) in [6, 6.07) is 0. The van der Waals surface area contributed by atoms with Gasteiger partial charge in [0.15, 0.2) is 0 Å². The molecule has 0 aromatic rings. The Kier molecular flexibility index (Phi) is 3.37. The topological polar surface area (TPSA) is 26.3 Å². The largest absolute Gasteiger partial charge is 0.460 e. The highest BCUT2D eigenvalue weighted by atomic mass is 79.9. The molecule has 1 aliphatic heterocycles. The van der Waals surface area contributed by atoms with Crippen LogP contribution in [0.4, 0.5) is 0 Å². The first-order valence-electron chi connectivity index (χ1n) is 4.06. The maximum Gasteiger partial charge on any atom is 0.313 e. The van der Waals surface area contributed by atoms with Crippen molar-refractivity contribution in [2.75, 3.05) is 5.33 Å². The summed E-state index contributed by atoms with van der Waals surface area (Å²) in [5.41, 5.74) is 0. The number of ether oxygens (including phenoxy) is 1. The first-order chi connectivity index (χ1) is 5.29. The lowest BCUT2D eigenvalue weighted by Crippen LogP contribution is -2.46. The van der Waals surface area contributed by atoms with Crippen LogP contribution in [0.15, 0.2) is 0 Å². The van der Waals surface area contributed by atoms with Crippen LogP contribution in [0.1, 0.15) is 26.2 Å². The highest BCUT2D eigenvalue weighted by molar-refractivity contribution is 9.09. The Morgan fingerprint density at radius 1 is 1.64 bits per heavy atom. The van der Waals surface area contributed by atoms with Gasteiger partial charge in [-0.3, -0.25) is 4.79 Å². The van der Waals surface area contributed by atoms with Crippen molar-refractivity contribution in [2.45, 2.75) is 32.3 Å². The van der Waals surface area contributed by atoms with E-state index in [0.717, 1.165) is 24.6 Å². The number of alkyl halides is 1. The molecule has 3 heteroatoms. The van der Waals surface area contributed by atoms with Gasteiger partial charge in [0.1, 0.15) is 6.10 Å². The average molecular weight is 221 g/mol.